The molecule has 0 aliphatic heterocycles. The van der Waals surface area contributed by atoms with E-state index in [9.17, 15) is 4.79 Å². The summed E-state index contributed by atoms with van der Waals surface area (Å²) in [4.78, 5) is 15.3. The predicted molar refractivity (Wildman–Crippen MR) is 106 cm³/mol. The summed E-state index contributed by atoms with van der Waals surface area (Å²) in [5.41, 5.74) is 2.02. The Morgan fingerprint density at radius 3 is 2.27 bits per heavy atom. The van der Waals surface area contributed by atoms with E-state index in [1.54, 1.807) is 14.2 Å². The van der Waals surface area contributed by atoms with Crippen molar-refractivity contribution in [1.29, 1.82) is 0 Å². The Hall–Kier alpha value is -1.97. The third-order valence-electron chi connectivity index (χ3n) is 4.79. The molecule has 1 aliphatic rings. The van der Waals surface area contributed by atoms with E-state index in [1.807, 2.05) is 23.1 Å². The summed E-state index contributed by atoms with van der Waals surface area (Å²) in [6.45, 7) is 4.89. The maximum absolute atomic E-state index is 13.2. The van der Waals surface area contributed by atoms with Crippen LogP contribution in [0.15, 0.2) is 29.8 Å². The van der Waals surface area contributed by atoms with Gasteiger partial charge in [0.25, 0.3) is 0 Å². The van der Waals surface area contributed by atoms with Crippen LogP contribution in [0.1, 0.15) is 64.4 Å². The molecule has 1 aliphatic carbocycles. The zero-order valence-corrected chi connectivity index (χ0v) is 16.7. The van der Waals surface area contributed by atoms with Gasteiger partial charge in [0.2, 0.25) is 5.91 Å². The minimum absolute atomic E-state index is 0.201. The molecule has 144 valence electrons. The van der Waals surface area contributed by atoms with Crippen LogP contribution in [-0.4, -0.2) is 31.1 Å². The molecule has 0 radical (unpaired) electrons. The second-order valence-corrected chi connectivity index (χ2v) is 6.98. The average Bonchev–Trinajstić information content (AvgIpc) is 3.49. The van der Waals surface area contributed by atoms with Gasteiger partial charge in [-0.05, 0) is 49.8 Å². The van der Waals surface area contributed by atoms with E-state index in [-0.39, 0.29) is 5.91 Å². The predicted octanol–water partition coefficient (Wildman–Crippen LogP) is 5.11. The lowest BCUT2D eigenvalue weighted by Crippen LogP contribution is -2.33. The van der Waals surface area contributed by atoms with E-state index in [1.165, 1.54) is 12.8 Å². The first-order valence-corrected chi connectivity index (χ1v) is 9.84. The summed E-state index contributed by atoms with van der Waals surface area (Å²) in [6.07, 6.45) is 9.51. The Bertz CT molecular complexity index is 598. The second-order valence-electron chi connectivity index (χ2n) is 6.98. The van der Waals surface area contributed by atoms with E-state index in [0.29, 0.717) is 12.6 Å². The van der Waals surface area contributed by atoms with Gasteiger partial charge in [-0.3, -0.25) is 4.79 Å². The summed E-state index contributed by atoms with van der Waals surface area (Å²) in [5, 5.41) is 0. The Balaban J connectivity index is 2.17. The number of carbonyl (C=O) groups is 1. The quantitative estimate of drug-likeness (QED) is 0.407. The number of nitrogens with zero attached hydrogens (tertiary/aromatic N) is 1. The second kappa shape index (κ2) is 10.2. The van der Waals surface area contributed by atoms with Gasteiger partial charge >= 0.3 is 0 Å². The van der Waals surface area contributed by atoms with E-state index in [2.05, 4.69) is 19.9 Å². The molecule has 0 spiro atoms. The van der Waals surface area contributed by atoms with Crippen molar-refractivity contribution in [1.82, 2.24) is 4.90 Å². The molecule has 1 fully saturated rings. The molecule has 1 amide bonds. The van der Waals surface area contributed by atoms with Crippen molar-refractivity contribution in [2.75, 3.05) is 14.2 Å². The first-order valence-electron chi connectivity index (χ1n) is 9.84. The van der Waals surface area contributed by atoms with Crippen molar-refractivity contribution in [2.24, 2.45) is 0 Å². The van der Waals surface area contributed by atoms with Crippen LogP contribution in [0.25, 0.3) is 0 Å². The molecular weight excluding hydrogens is 326 g/mol. The fraction of sp³-hybridized carbons (Fsp3) is 0.591. The van der Waals surface area contributed by atoms with Gasteiger partial charge in [0.15, 0.2) is 0 Å². The van der Waals surface area contributed by atoms with Crippen LogP contribution < -0.4 is 9.47 Å². The molecule has 0 aromatic heterocycles. The van der Waals surface area contributed by atoms with Gasteiger partial charge in [-0.15, -0.1) is 0 Å². The standard InChI is InChI=1S/C22H33NO3/c1-5-7-8-10-18(9-6-2)22(24)23(19-11-12-19)16-17-13-20(25-3)15-21(14-17)26-4/h9,13-15,19H,5-8,10-12,16H2,1-4H3/b18-9-. The van der Waals surface area contributed by atoms with E-state index in [4.69, 9.17) is 9.47 Å². The van der Waals surface area contributed by atoms with Crippen LogP contribution in [0, 0.1) is 0 Å². The smallest absolute Gasteiger partial charge is 0.250 e. The van der Waals surface area contributed by atoms with Crippen LogP contribution in [0.2, 0.25) is 0 Å². The highest BCUT2D eigenvalue weighted by atomic mass is 16.5. The highest BCUT2D eigenvalue weighted by Crippen LogP contribution is 2.32. The van der Waals surface area contributed by atoms with Gasteiger partial charge in [-0.1, -0.05) is 32.8 Å². The minimum atomic E-state index is 0.201. The zero-order chi connectivity index (χ0) is 18.9. The van der Waals surface area contributed by atoms with Crippen molar-refractivity contribution >= 4 is 5.91 Å². The van der Waals surface area contributed by atoms with Gasteiger partial charge < -0.3 is 14.4 Å². The number of allylic oxidation sites excluding steroid dienone is 1. The average molecular weight is 360 g/mol. The molecule has 1 aromatic rings. The Morgan fingerprint density at radius 1 is 1.12 bits per heavy atom. The SMILES string of the molecule is CC/C=C(/CCCCC)C(=O)N(Cc1cc(OC)cc(OC)c1)C1CC1. The fourth-order valence-electron chi connectivity index (χ4n) is 3.20. The number of rotatable bonds is 11. The number of carbonyl (C=O) groups excluding carboxylic acids is 1. The van der Waals surface area contributed by atoms with E-state index < -0.39 is 0 Å². The molecule has 0 atom stereocenters. The van der Waals surface area contributed by atoms with Crippen LogP contribution in [0.3, 0.4) is 0 Å². The zero-order valence-electron chi connectivity index (χ0n) is 16.7. The molecule has 0 N–H and O–H groups in total. The van der Waals surface area contributed by atoms with Gasteiger partial charge in [-0.25, -0.2) is 0 Å². The lowest BCUT2D eigenvalue weighted by atomic mass is 10.0. The largest absolute Gasteiger partial charge is 0.497 e. The topological polar surface area (TPSA) is 38.8 Å². The van der Waals surface area contributed by atoms with E-state index >= 15 is 0 Å². The van der Waals surface area contributed by atoms with Gasteiger partial charge in [0.05, 0.1) is 14.2 Å². The molecule has 0 heterocycles. The molecule has 1 aromatic carbocycles. The minimum Gasteiger partial charge on any atom is -0.497 e. The molecule has 1 saturated carbocycles. The van der Waals surface area contributed by atoms with E-state index in [0.717, 1.165) is 54.7 Å². The van der Waals surface area contributed by atoms with Gasteiger partial charge in [0, 0.05) is 24.2 Å². The number of benzene rings is 1. The summed E-state index contributed by atoms with van der Waals surface area (Å²) in [7, 11) is 3.30. The molecule has 2 rings (SSSR count). The summed E-state index contributed by atoms with van der Waals surface area (Å²) >= 11 is 0. The maximum Gasteiger partial charge on any atom is 0.250 e. The lowest BCUT2D eigenvalue weighted by molar-refractivity contribution is -0.128. The van der Waals surface area contributed by atoms with Gasteiger partial charge in [0.1, 0.15) is 11.5 Å². The third-order valence-corrected chi connectivity index (χ3v) is 4.79. The number of ether oxygens (including phenoxy) is 2. The summed E-state index contributed by atoms with van der Waals surface area (Å²) in [6, 6.07) is 6.21. The number of unbranched alkanes of at least 4 members (excludes halogenated alkanes) is 2. The Labute approximate surface area is 158 Å². The maximum atomic E-state index is 13.2. The first kappa shape index (κ1) is 20.3. The molecule has 26 heavy (non-hydrogen) atoms. The molecular formula is C22H33NO3. The molecule has 4 nitrogen and oxygen atoms in total. The van der Waals surface area contributed by atoms with Crippen molar-refractivity contribution in [3.63, 3.8) is 0 Å². The van der Waals surface area contributed by atoms with Crippen LogP contribution >= 0.6 is 0 Å². The van der Waals surface area contributed by atoms with Crippen molar-refractivity contribution in [2.45, 2.75) is 71.4 Å². The monoisotopic (exact) mass is 359 g/mol. The molecule has 0 saturated heterocycles. The number of hydrogen-bond acceptors (Lipinski definition) is 3. The van der Waals surface area contributed by atoms with Crippen molar-refractivity contribution in [3.05, 3.63) is 35.4 Å². The number of methoxy groups -OCH3 is 2. The molecule has 4 heteroatoms. The fourth-order valence-corrected chi connectivity index (χ4v) is 3.20. The number of hydrogen-bond donors (Lipinski definition) is 0. The van der Waals surface area contributed by atoms with Crippen LogP contribution in [0.4, 0.5) is 0 Å². The highest BCUT2D eigenvalue weighted by molar-refractivity contribution is 5.93. The highest BCUT2D eigenvalue weighted by Gasteiger charge is 2.33. The van der Waals surface area contributed by atoms with Crippen LogP contribution in [0.5, 0.6) is 11.5 Å². The summed E-state index contributed by atoms with van der Waals surface area (Å²) in [5.74, 6) is 1.72. The normalized spacial score (nSPS) is 14.2. The van der Waals surface area contributed by atoms with Gasteiger partial charge in [-0.2, -0.15) is 0 Å². The van der Waals surface area contributed by atoms with Crippen molar-refractivity contribution < 1.29 is 14.3 Å². The number of amides is 1. The first-order chi connectivity index (χ1) is 12.6. The molecule has 0 bridgehead atoms. The van der Waals surface area contributed by atoms with Crippen LogP contribution in [-0.2, 0) is 11.3 Å². The van der Waals surface area contributed by atoms with Crippen molar-refractivity contribution in [3.8, 4) is 11.5 Å². The molecule has 0 unspecified atom stereocenters. The Morgan fingerprint density at radius 2 is 1.77 bits per heavy atom. The summed E-state index contributed by atoms with van der Waals surface area (Å²) < 4.78 is 10.7. The lowest BCUT2D eigenvalue weighted by Gasteiger charge is -2.25. The third kappa shape index (κ3) is 5.79. The Kier molecular flexibility index (Phi) is 8.02.